The molecular weight excluding hydrogens is 876 g/mol. The molecule has 1 aliphatic rings. The lowest BCUT2D eigenvalue weighted by Crippen LogP contribution is -2.36. The highest BCUT2D eigenvalue weighted by molar-refractivity contribution is 7.61. The second-order valence-corrected chi connectivity index (χ2v) is 19.2. The van der Waals surface area contributed by atoms with E-state index in [4.69, 9.17) is 29.0 Å². The summed E-state index contributed by atoms with van der Waals surface area (Å²) < 4.78 is 56.4. The predicted molar refractivity (Wildman–Crippen MR) is 239 cm³/mol. The number of phosphoric ester groups is 2. The average Bonchev–Trinajstić information content (AvgIpc) is 3.50. The second kappa shape index (κ2) is 31.8. The van der Waals surface area contributed by atoms with Crippen LogP contribution in [0.1, 0.15) is 143 Å². The molecule has 0 radical (unpaired) electrons. The van der Waals surface area contributed by atoms with Gasteiger partial charge in [-0.3, -0.25) is 23.2 Å². The highest BCUT2D eigenvalue weighted by Crippen LogP contribution is 2.60. The number of unbranched alkanes of at least 4 members (excludes halogenated alkanes) is 10. The first kappa shape index (κ1) is 57.1. The number of carbonyl (C=O) groups is 2. The maximum Gasteiger partial charge on any atom is 0.481 e. The van der Waals surface area contributed by atoms with Crippen LogP contribution >= 0.6 is 15.6 Å². The van der Waals surface area contributed by atoms with E-state index >= 15 is 0 Å². The van der Waals surface area contributed by atoms with Crippen molar-refractivity contribution in [2.24, 2.45) is 5.92 Å². The summed E-state index contributed by atoms with van der Waals surface area (Å²) in [7, 11) is -10.9. The van der Waals surface area contributed by atoms with E-state index in [0.29, 0.717) is 31.6 Å². The van der Waals surface area contributed by atoms with Crippen molar-refractivity contribution in [2.45, 2.75) is 173 Å². The number of rotatable bonds is 35. The molecule has 0 saturated carbocycles. The Morgan fingerprint density at radius 1 is 0.844 bits per heavy atom. The van der Waals surface area contributed by atoms with Gasteiger partial charge in [0.1, 0.15) is 30.7 Å². The van der Waals surface area contributed by atoms with Gasteiger partial charge in [-0.2, -0.15) is 9.29 Å². The molecule has 2 heterocycles. The Hall–Kier alpha value is -3.06. The van der Waals surface area contributed by atoms with Gasteiger partial charge in [0, 0.05) is 19.0 Å². The van der Waals surface area contributed by atoms with Crippen molar-refractivity contribution in [3.63, 3.8) is 0 Å². The summed E-state index contributed by atoms with van der Waals surface area (Å²) in [4.78, 5) is 61.6. The molecule has 8 atom stereocenters. The number of nitrogens with two attached hydrogens (primary N) is 1. The van der Waals surface area contributed by atoms with Gasteiger partial charge in [-0.15, -0.1) is 0 Å². The fraction of sp³-hybridized carbons (Fsp3) is 0.721. The number of hydrogen-bond acceptors (Lipinski definition) is 16. The molecule has 0 spiro atoms. The maximum atomic E-state index is 12.8. The van der Waals surface area contributed by atoms with Crippen LogP contribution in [0.4, 0.5) is 5.82 Å². The Kier molecular flexibility index (Phi) is 28.3. The van der Waals surface area contributed by atoms with Gasteiger partial charge in [0.2, 0.25) is 0 Å². The number of phosphoric acid groups is 2. The molecule has 1 fully saturated rings. The smallest absolute Gasteiger partial charge is 0.462 e. The van der Waals surface area contributed by atoms with Crippen LogP contribution in [0.25, 0.3) is 0 Å². The SMILES string of the molecule is CC/C=C/C/C=C/C=C/C(O)CCCCCCCC(=O)O[C@H](COC(=O)CCCCCCCCCC(C)C)COP(=O)(O)OP(=O)(O)OC[C@H]1O[C@@H](n2ccc(N)nc2=O)[C@H](O)[C@@H]1O. The normalized spacial score (nSPS) is 20.8. The molecule has 0 bridgehead atoms. The van der Waals surface area contributed by atoms with Gasteiger partial charge in [-0.1, -0.05) is 128 Å². The zero-order chi connectivity index (χ0) is 47.4. The number of esters is 2. The van der Waals surface area contributed by atoms with Gasteiger partial charge >= 0.3 is 33.3 Å². The van der Waals surface area contributed by atoms with Crippen molar-refractivity contribution in [3.05, 3.63) is 59.2 Å². The first-order valence-electron chi connectivity index (χ1n) is 22.5. The minimum absolute atomic E-state index is 0.0197. The van der Waals surface area contributed by atoms with Gasteiger partial charge in [-0.05, 0) is 44.1 Å². The molecular formula is C43H73N3O16P2. The van der Waals surface area contributed by atoms with Gasteiger partial charge in [-0.25, -0.2) is 13.9 Å². The molecule has 0 aliphatic carbocycles. The number of ether oxygens (including phenoxy) is 3. The van der Waals surface area contributed by atoms with Crippen LogP contribution in [-0.4, -0.2) is 96.9 Å². The lowest BCUT2D eigenvalue weighted by atomic mass is 10.0. The molecule has 1 aromatic rings. The molecule has 0 amide bonds. The monoisotopic (exact) mass is 949 g/mol. The van der Waals surface area contributed by atoms with E-state index in [1.807, 2.05) is 18.2 Å². The molecule has 64 heavy (non-hydrogen) atoms. The Morgan fingerprint density at radius 2 is 1.45 bits per heavy atom. The van der Waals surface area contributed by atoms with Crippen LogP contribution in [0, 0.1) is 5.92 Å². The Morgan fingerprint density at radius 3 is 2.09 bits per heavy atom. The molecule has 19 nitrogen and oxygen atoms in total. The summed E-state index contributed by atoms with van der Waals surface area (Å²) in [6, 6.07) is 1.24. The van der Waals surface area contributed by atoms with Crippen molar-refractivity contribution in [3.8, 4) is 0 Å². The molecule has 7 N–H and O–H groups in total. The number of aliphatic hydroxyl groups is 3. The van der Waals surface area contributed by atoms with Crippen molar-refractivity contribution in [1.82, 2.24) is 9.55 Å². The van der Waals surface area contributed by atoms with Crippen LogP contribution in [-0.2, 0) is 46.3 Å². The largest absolute Gasteiger partial charge is 0.481 e. The van der Waals surface area contributed by atoms with E-state index in [9.17, 15) is 48.6 Å². The molecule has 3 unspecified atom stereocenters. The average molecular weight is 950 g/mol. The molecule has 366 valence electrons. The molecule has 0 aromatic carbocycles. The van der Waals surface area contributed by atoms with Gasteiger partial charge in [0.25, 0.3) is 0 Å². The minimum atomic E-state index is -5.44. The van der Waals surface area contributed by atoms with E-state index in [1.54, 1.807) is 6.08 Å². The fourth-order valence-corrected chi connectivity index (χ4v) is 8.61. The van der Waals surface area contributed by atoms with Crippen LogP contribution in [0.5, 0.6) is 0 Å². The molecule has 1 aromatic heterocycles. The maximum absolute atomic E-state index is 12.8. The standard InChI is InChI=1S/C43H73N3O16P2/c1-4-5-6-7-9-14-19-24-34(47)25-20-15-12-17-22-27-39(49)60-35(30-57-38(48)26-21-16-11-8-10-13-18-23-33(2)3)31-58-63(53,54)62-64(55,56)59-32-36-40(50)41(51)42(61-36)46-29-28-37(44)45-43(46)52/h5-6,9,14,19,24,28-29,33-36,40-42,47,50-51H,4,7-8,10-13,15-18,20-23,25-27,30-32H2,1-3H3,(H,53,54)(H,55,56)(H2,44,45,52)/b6-5+,14-9+,24-19+/t34?,35-,36-,40-,41-,42-/m1/s1. The topological polar surface area (TPSA) is 286 Å². The second-order valence-electron chi connectivity index (χ2n) is 16.2. The van der Waals surface area contributed by atoms with Crippen molar-refractivity contribution < 1.29 is 71.4 Å². The van der Waals surface area contributed by atoms with E-state index in [-0.39, 0.29) is 18.7 Å². The Bertz CT molecular complexity index is 1740. The predicted octanol–water partition coefficient (Wildman–Crippen LogP) is 6.88. The Labute approximate surface area is 377 Å². The third-order valence-electron chi connectivity index (χ3n) is 10.0. The van der Waals surface area contributed by atoms with E-state index < -0.39 is 89.8 Å². The highest BCUT2D eigenvalue weighted by Gasteiger charge is 2.46. The van der Waals surface area contributed by atoms with Crippen molar-refractivity contribution >= 4 is 33.4 Å². The summed E-state index contributed by atoms with van der Waals surface area (Å²) in [6.45, 7) is 4.11. The number of nitrogen functional groups attached to an aromatic ring is 1. The van der Waals surface area contributed by atoms with Gasteiger partial charge < -0.3 is 45.1 Å². The molecule has 21 heteroatoms. The number of anilines is 1. The number of carbonyl (C=O) groups excluding carboxylic acids is 2. The van der Waals surface area contributed by atoms with Crippen LogP contribution < -0.4 is 11.4 Å². The lowest BCUT2D eigenvalue weighted by molar-refractivity contribution is -0.161. The molecule has 1 saturated heterocycles. The number of allylic oxidation sites excluding steroid dienone is 5. The number of hydrogen-bond donors (Lipinski definition) is 6. The number of aliphatic hydroxyl groups excluding tert-OH is 3. The number of nitrogens with zero attached hydrogens (tertiary/aromatic N) is 2. The molecule has 2 rings (SSSR count). The van der Waals surface area contributed by atoms with Crippen molar-refractivity contribution in [1.29, 1.82) is 0 Å². The first-order chi connectivity index (χ1) is 30.4. The lowest BCUT2D eigenvalue weighted by Gasteiger charge is -2.21. The van der Waals surface area contributed by atoms with Crippen LogP contribution in [0.15, 0.2) is 53.5 Å². The quantitative estimate of drug-likeness (QED) is 0.0133. The summed E-state index contributed by atoms with van der Waals surface area (Å²) in [5, 5.41) is 31.0. The fourth-order valence-electron chi connectivity index (χ4n) is 6.50. The molecule has 1 aliphatic heterocycles. The summed E-state index contributed by atoms with van der Waals surface area (Å²) in [5.74, 6) is -0.694. The van der Waals surface area contributed by atoms with Crippen LogP contribution in [0.3, 0.4) is 0 Å². The minimum Gasteiger partial charge on any atom is -0.462 e. The Balaban J connectivity index is 1.86. The summed E-state index contributed by atoms with van der Waals surface area (Å²) in [6.07, 6.45) is 18.7. The van der Waals surface area contributed by atoms with Gasteiger partial charge in [0.05, 0.1) is 19.3 Å². The number of aromatic nitrogens is 2. The van der Waals surface area contributed by atoms with E-state index in [0.717, 1.165) is 68.6 Å². The van der Waals surface area contributed by atoms with Gasteiger partial charge in [0.15, 0.2) is 12.3 Å². The first-order valence-corrected chi connectivity index (χ1v) is 25.5. The summed E-state index contributed by atoms with van der Waals surface area (Å²) in [5.41, 5.74) is 4.56. The zero-order valence-corrected chi connectivity index (χ0v) is 39.4. The third kappa shape index (κ3) is 25.6. The van der Waals surface area contributed by atoms with E-state index in [2.05, 4.69) is 42.2 Å². The third-order valence-corrected chi connectivity index (χ3v) is 12.6. The van der Waals surface area contributed by atoms with Crippen LogP contribution in [0.2, 0.25) is 0 Å². The van der Waals surface area contributed by atoms with Crippen molar-refractivity contribution in [2.75, 3.05) is 25.6 Å². The van der Waals surface area contributed by atoms with E-state index in [1.165, 1.54) is 25.3 Å². The highest BCUT2D eigenvalue weighted by atomic mass is 31.3. The summed E-state index contributed by atoms with van der Waals surface area (Å²) >= 11 is 0. The zero-order valence-electron chi connectivity index (χ0n) is 37.6.